The van der Waals surface area contributed by atoms with Gasteiger partial charge in [0.15, 0.2) is 5.79 Å². The second kappa shape index (κ2) is 4.39. The van der Waals surface area contributed by atoms with E-state index in [1.54, 1.807) is 0 Å². The molecule has 3 aliphatic heterocycles. The molecule has 110 valence electrons. The Kier molecular flexibility index (Phi) is 3.18. The lowest BCUT2D eigenvalue weighted by Gasteiger charge is -2.41. The Labute approximate surface area is 114 Å². The van der Waals surface area contributed by atoms with E-state index in [2.05, 4.69) is 4.90 Å². The summed E-state index contributed by atoms with van der Waals surface area (Å²) in [6.45, 7) is 5.48. The Morgan fingerprint density at radius 1 is 1.32 bits per heavy atom. The summed E-state index contributed by atoms with van der Waals surface area (Å²) < 4.78 is 40.1. The van der Waals surface area contributed by atoms with Gasteiger partial charge in [-0.1, -0.05) is 0 Å². The first-order valence-corrected chi connectivity index (χ1v) is 8.55. The Hall–Kier alpha value is -0.210. The van der Waals surface area contributed by atoms with Gasteiger partial charge in [-0.2, -0.15) is 8.42 Å². The zero-order chi connectivity index (χ0) is 13.8. The summed E-state index contributed by atoms with van der Waals surface area (Å²) in [7, 11) is -3.50. The molecule has 4 atom stereocenters. The van der Waals surface area contributed by atoms with Crippen molar-refractivity contribution in [3.05, 3.63) is 0 Å². The fourth-order valence-electron chi connectivity index (χ4n) is 3.50. The number of piperidine rings is 1. The van der Waals surface area contributed by atoms with Crippen molar-refractivity contribution in [1.82, 2.24) is 4.90 Å². The molecule has 0 amide bonds. The van der Waals surface area contributed by atoms with Crippen LogP contribution >= 0.6 is 0 Å². The predicted octanol–water partition coefficient (Wildman–Crippen LogP) is 0.329. The lowest BCUT2D eigenvalue weighted by atomic mass is 9.94. The first kappa shape index (κ1) is 13.8. The molecule has 0 unspecified atom stereocenters. The molecule has 0 bridgehead atoms. The third-order valence-electron chi connectivity index (χ3n) is 4.04. The fourth-order valence-corrected chi connectivity index (χ4v) is 4.15. The molecule has 3 aliphatic rings. The Morgan fingerprint density at radius 3 is 2.74 bits per heavy atom. The van der Waals surface area contributed by atoms with Crippen LogP contribution < -0.4 is 0 Å². The van der Waals surface area contributed by atoms with Crippen molar-refractivity contribution in [3.63, 3.8) is 0 Å². The van der Waals surface area contributed by atoms with Crippen LogP contribution in [-0.2, 0) is 23.8 Å². The summed E-state index contributed by atoms with van der Waals surface area (Å²) in [5.74, 6) is -0.672. The normalized spacial score (nSPS) is 42.1. The van der Waals surface area contributed by atoms with Crippen LogP contribution in [0.3, 0.4) is 0 Å². The van der Waals surface area contributed by atoms with E-state index in [1.807, 2.05) is 13.8 Å². The first-order chi connectivity index (χ1) is 8.75. The molecule has 3 rings (SSSR count). The van der Waals surface area contributed by atoms with Crippen molar-refractivity contribution >= 4 is 10.1 Å². The quantitative estimate of drug-likeness (QED) is 0.683. The largest absolute Gasteiger partial charge is 0.343 e. The van der Waals surface area contributed by atoms with Crippen molar-refractivity contribution in [2.24, 2.45) is 0 Å². The van der Waals surface area contributed by atoms with E-state index in [-0.39, 0.29) is 18.2 Å². The minimum atomic E-state index is -3.50. The van der Waals surface area contributed by atoms with Crippen LogP contribution in [0.25, 0.3) is 0 Å². The maximum atomic E-state index is 11.5. The van der Waals surface area contributed by atoms with Crippen LogP contribution in [-0.4, -0.2) is 62.8 Å². The number of fused-ring (bicyclic) bond motifs is 2. The van der Waals surface area contributed by atoms with Gasteiger partial charge < -0.3 is 9.47 Å². The molecule has 3 fully saturated rings. The monoisotopic (exact) mass is 291 g/mol. The highest BCUT2D eigenvalue weighted by atomic mass is 32.2. The van der Waals surface area contributed by atoms with Crippen LogP contribution in [0.2, 0.25) is 0 Å². The molecule has 0 aromatic carbocycles. The minimum absolute atomic E-state index is 0.115. The molecule has 19 heavy (non-hydrogen) atoms. The van der Waals surface area contributed by atoms with Gasteiger partial charge in [-0.05, 0) is 33.2 Å². The van der Waals surface area contributed by atoms with Crippen LogP contribution in [0.4, 0.5) is 0 Å². The molecule has 0 aromatic rings. The number of hydrogen-bond acceptors (Lipinski definition) is 6. The van der Waals surface area contributed by atoms with Gasteiger partial charge in [-0.15, -0.1) is 0 Å². The van der Waals surface area contributed by atoms with E-state index in [1.165, 1.54) is 0 Å². The fraction of sp³-hybridized carbons (Fsp3) is 1.00. The van der Waals surface area contributed by atoms with E-state index in [0.29, 0.717) is 0 Å². The van der Waals surface area contributed by atoms with Crippen molar-refractivity contribution in [2.45, 2.75) is 56.8 Å². The Balaban J connectivity index is 1.87. The van der Waals surface area contributed by atoms with E-state index in [9.17, 15) is 8.42 Å². The summed E-state index contributed by atoms with van der Waals surface area (Å²) >= 11 is 0. The van der Waals surface area contributed by atoms with E-state index in [4.69, 9.17) is 13.7 Å². The van der Waals surface area contributed by atoms with Gasteiger partial charge >= 0.3 is 0 Å². The summed E-state index contributed by atoms with van der Waals surface area (Å²) in [5, 5.41) is 0. The second-order valence-electron chi connectivity index (χ2n) is 6.11. The van der Waals surface area contributed by atoms with Gasteiger partial charge in [-0.25, -0.2) is 0 Å². The smallest absolute Gasteiger partial charge is 0.264 e. The molecule has 0 saturated carbocycles. The zero-order valence-corrected chi connectivity index (χ0v) is 12.4. The lowest BCUT2D eigenvalue weighted by molar-refractivity contribution is -0.151. The lowest BCUT2D eigenvalue weighted by Crippen LogP contribution is -2.59. The van der Waals surface area contributed by atoms with Crippen LogP contribution in [0.15, 0.2) is 0 Å². The van der Waals surface area contributed by atoms with Gasteiger partial charge in [0.1, 0.15) is 18.3 Å². The predicted molar refractivity (Wildman–Crippen MR) is 68.1 cm³/mol. The molecule has 0 aromatic heterocycles. The highest BCUT2D eigenvalue weighted by molar-refractivity contribution is 7.86. The molecule has 6 nitrogen and oxygen atoms in total. The molecule has 3 saturated heterocycles. The average molecular weight is 291 g/mol. The Bertz CT molecular complexity index is 463. The zero-order valence-electron chi connectivity index (χ0n) is 11.5. The molecule has 0 N–H and O–H groups in total. The molecule has 0 aliphatic carbocycles. The number of hydrogen-bond donors (Lipinski definition) is 0. The summed E-state index contributed by atoms with van der Waals surface area (Å²) in [6.07, 6.45) is 2.24. The minimum Gasteiger partial charge on any atom is -0.343 e. The Morgan fingerprint density at radius 2 is 2.05 bits per heavy atom. The van der Waals surface area contributed by atoms with Gasteiger partial charge in [0.05, 0.1) is 6.26 Å². The molecule has 0 radical (unpaired) electrons. The summed E-state index contributed by atoms with van der Waals surface area (Å²) in [6, 6.07) is 0.119. The molecular weight excluding hydrogens is 270 g/mol. The second-order valence-corrected chi connectivity index (χ2v) is 7.71. The van der Waals surface area contributed by atoms with Crippen LogP contribution in [0.5, 0.6) is 0 Å². The van der Waals surface area contributed by atoms with E-state index < -0.39 is 22.0 Å². The van der Waals surface area contributed by atoms with Crippen molar-refractivity contribution in [3.8, 4) is 0 Å². The molecular formula is C12H21NO5S. The van der Waals surface area contributed by atoms with Gasteiger partial charge in [0, 0.05) is 12.6 Å². The third kappa shape index (κ3) is 2.67. The molecule has 7 heteroatoms. The summed E-state index contributed by atoms with van der Waals surface area (Å²) in [5.41, 5.74) is 0. The van der Waals surface area contributed by atoms with Crippen molar-refractivity contribution in [2.75, 3.05) is 19.3 Å². The molecule has 3 heterocycles. The highest BCUT2D eigenvalue weighted by Gasteiger charge is 2.55. The maximum Gasteiger partial charge on any atom is 0.264 e. The average Bonchev–Trinajstić information content (AvgIpc) is 2.78. The van der Waals surface area contributed by atoms with Gasteiger partial charge in [0.2, 0.25) is 0 Å². The highest BCUT2D eigenvalue weighted by Crippen LogP contribution is 2.40. The van der Waals surface area contributed by atoms with Crippen LogP contribution in [0, 0.1) is 0 Å². The standard InChI is InChI=1S/C12H21NO5S/c1-12(2)16-9-7-13-6-4-5-8(13)10(11(9)17-12)18-19(3,14)15/h8-11H,4-7H2,1-3H3/t8-,9+,10+,11-/m1/s1. The van der Waals surface area contributed by atoms with E-state index >= 15 is 0 Å². The summed E-state index contributed by atoms with van der Waals surface area (Å²) in [4.78, 5) is 2.27. The van der Waals surface area contributed by atoms with Crippen molar-refractivity contribution in [1.29, 1.82) is 0 Å². The van der Waals surface area contributed by atoms with Crippen LogP contribution in [0.1, 0.15) is 26.7 Å². The van der Waals surface area contributed by atoms with Crippen molar-refractivity contribution < 1.29 is 22.1 Å². The first-order valence-electron chi connectivity index (χ1n) is 6.73. The maximum absolute atomic E-state index is 11.5. The topological polar surface area (TPSA) is 65.1 Å². The molecule has 0 spiro atoms. The number of rotatable bonds is 2. The van der Waals surface area contributed by atoms with Gasteiger partial charge in [-0.3, -0.25) is 9.08 Å². The SMILES string of the molecule is CC1(C)O[C@H]2[C@@H](OS(C)(=O)=O)[C@H]3CCCN3C[C@@H]2O1. The van der Waals surface area contributed by atoms with Gasteiger partial charge in [0.25, 0.3) is 10.1 Å². The van der Waals surface area contributed by atoms with E-state index in [0.717, 1.165) is 32.2 Å². The third-order valence-corrected chi connectivity index (χ3v) is 4.61. The number of ether oxygens (including phenoxy) is 2. The number of nitrogens with zero attached hydrogens (tertiary/aromatic N) is 1.